The van der Waals surface area contributed by atoms with E-state index in [4.69, 9.17) is 14.5 Å². The van der Waals surface area contributed by atoms with E-state index in [1.165, 1.54) is 4.88 Å². The molecule has 136 valence electrons. The van der Waals surface area contributed by atoms with Crippen LogP contribution in [-0.2, 0) is 13.1 Å². The van der Waals surface area contributed by atoms with Crippen LogP contribution in [0.15, 0.2) is 47.3 Å². The first-order valence-corrected chi connectivity index (χ1v) is 10.2. The van der Waals surface area contributed by atoms with E-state index in [1.807, 2.05) is 24.4 Å². The minimum absolute atomic E-state index is 0.275. The molecule has 0 spiro atoms. The second-order valence-electron chi connectivity index (χ2n) is 6.06. The number of hydrogen-bond donors (Lipinski definition) is 2. The van der Waals surface area contributed by atoms with Crippen molar-refractivity contribution in [3.05, 3.63) is 58.5 Å². The number of benzene rings is 1. The van der Waals surface area contributed by atoms with Crippen molar-refractivity contribution < 1.29 is 9.47 Å². The van der Waals surface area contributed by atoms with E-state index in [0.29, 0.717) is 13.1 Å². The van der Waals surface area contributed by atoms with Gasteiger partial charge in [-0.1, -0.05) is 6.07 Å². The standard InChI is InChI=1S/C19H16N4O2S2/c1-2-17(26-5-1)19-22-14(10-27-19)9-20-7-13-8-21-23-18(13)12-3-4-15-16(6-12)25-11-24-15/h1-6,8,10,20H,7,9,11H2,(H,21,23). The molecule has 1 aromatic carbocycles. The predicted octanol–water partition coefficient (Wildman–Crippen LogP) is 4.28. The normalized spacial score (nSPS) is 12.6. The van der Waals surface area contributed by atoms with E-state index < -0.39 is 0 Å². The highest BCUT2D eigenvalue weighted by Gasteiger charge is 2.16. The average molecular weight is 396 g/mol. The summed E-state index contributed by atoms with van der Waals surface area (Å²) < 4.78 is 10.8. The number of hydrogen-bond acceptors (Lipinski definition) is 7. The average Bonchev–Trinajstić information content (AvgIpc) is 3.47. The van der Waals surface area contributed by atoms with Crippen LogP contribution >= 0.6 is 22.7 Å². The molecule has 0 bridgehead atoms. The lowest BCUT2D eigenvalue weighted by Gasteiger charge is -2.06. The van der Waals surface area contributed by atoms with Gasteiger partial charge in [-0.2, -0.15) is 5.10 Å². The number of nitrogens with zero attached hydrogens (tertiary/aromatic N) is 2. The Hall–Kier alpha value is -2.68. The Balaban J connectivity index is 1.26. The minimum atomic E-state index is 0.275. The van der Waals surface area contributed by atoms with Crippen molar-refractivity contribution in [2.45, 2.75) is 13.1 Å². The number of thiophene rings is 1. The van der Waals surface area contributed by atoms with E-state index in [0.717, 1.165) is 39.0 Å². The van der Waals surface area contributed by atoms with E-state index in [-0.39, 0.29) is 6.79 Å². The molecule has 1 aliphatic rings. The highest BCUT2D eigenvalue weighted by atomic mass is 32.1. The van der Waals surface area contributed by atoms with Gasteiger partial charge in [0.25, 0.3) is 0 Å². The Morgan fingerprint density at radius 2 is 2.07 bits per heavy atom. The zero-order valence-electron chi connectivity index (χ0n) is 14.3. The molecule has 2 N–H and O–H groups in total. The molecule has 4 heterocycles. The second-order valence-corrected chi connectivity index (χ2v) is 7.87. The molecular weight excluding hydrogens is 380 g/mol. The van der Waals surface area contributed by atoms with Crippen molar-refractivity contribution in [2.75, 3.05) is 6.79 Å². The molecule has 4 aromatic rings. The molecule has 0 saturated heterocycles. The fourth-order valence-electron chi connectivity index (χ4n) is 2.97. The van der Waals surface area contributed by atoms with E-state index in [2.05, 4.69) is 38.4 Å². The van der Waals surface area contributed by atoms with Gasteiger partial charge in [-0.3, -0.25) is 5.10 Å². The number of thiazole rings is 1. The van der Waals surface area contributed by atoms with E-state index in [9.17, 15) is 0 Å². The lowest BCUT2D eigenvalue weighted by Crippen LogP contribution is -2.13. The van der Waals surface area contributed by atoms with Crippen LogP contribution in [0.4, 0.5) is 0 Å². The Labute approximate surface area is 163 Å². The fourth-order valence-corrected chi connectivity index (χ4v) is 4.61. The molecule has 0 aliphatic carbocycles. The molecule has 27 heavy (non-hydrogen) atoms. The van der Waals surface area contributed by atoms with Gasteiger partial charge in [-0.05, 0) is 29.6 Å². The molecule has 0 amide bonds. The molecule has 1 aliphatic heterocycles. The second kappa shape index (κ2) is 7.15. The number of nitrogens with one attached hydrogen (secondary N) is 2. The van der Waals surface area contributed by atoms with Crippen molar-refractivity contribution in [1.82, 2.24) is 20.5 Å². The Bertz CT molecular complexity index is 1060. The molecule has 0 fully saturated rings. The van der Waals surface area contributed by atoms with Gasteiger partial charge in [-0.15, -0.1) is 22.7 Å². The number of aromatic amines is 1. The largest absolute Gasteiger partial charge is 0.454 e. The van der Waals surface area contributed by atoms with Crippen LogP contribution < -0.4 is 14.8 Å². The number of rotatable bonds is 6. The third-order valence-corrected chi connectivity index (χ3v) is 6.21. The van der Waals surface area contributed by atoms with Crippen LogP contribution in [-0.4, -0.2) is 22.0 Å². The Morgan fingerprint density at radius 1 is 1.11 bits per heavy atom. The summed E-state index contributed by atoms with van der Waals surface area (Å²) >= 11 is 3.40. The maximum Gasteiger partial charge on any atom is 0.231 e. The molecule has 0 unspecified atom stereocenters. The molecule has 3 aromatic heterocycles. The minimum Gasteiger partial charge on any atom is -0.454 e. The quantitative estimate of drug-likeness (QED) is 0.509. The summed E-state index contributed by atoms with van der Waals surface area (Å²) in [5, 5.41) is 16.0. The number of H-pyrrole nitrogens is 1. The zero-order chi connectivity index (χ0) is 18.1. The van der Waals surface area contributed by atoms with Crippen LogP contribution in [0.5, 0.6) is 11.5 Å². The van der Waals surface area contributed by atoms with Crippen LogP contribution in [0.2, 0.25) is 0 Å². The van der Waals surface area contributed by atoms with Crippen molar-refractivity contribution >= 4 is 22.7 Å². The van der Waals surface area contributed by atoms with Gasteiger partial charge in [0, 0.05) is 29.6 Å². The first-order valence-electron chi connectivity index (χ1n) is 8.48. The summed E-state index contributed by atoms with van der Waals surface area (Å²) in [4.78, 5) is 5.92. The first-order chi connectivity index (χ1) is 13.4. The molecule has 6 nitrogen and oxygen atoms in total. The van der Waals surface area contributed by atoms with Gasteiger partial charge < -0.3 is 14.8 Å². The molecular formula is C19H16N4O2S2. The summed E-state index contributed by atoms with van der Waals surface area (Å²) in [7, 11) is 0. The fraction of sp³-hybridized carbons (Fsp3) is 0.158. The van der Waals surface area contributed by atoms with Gasteiger partial charge >= 0.3 is 0 Å². The summed E-state index contributed by atoms with van der Waals surface area (Å²) in [6.07, 6.45) is 1.85. The Kier molecular flexibility index (Phi) is 4.36. The van der Waals surface area contributed by atoms with Gasteiger partial charge in [0.1, 0.15) is 5.01 Å². The van der Waals surface area contributed by atoms with Crippen molar-refractivity contribution in [1.29, 1.82) is 0 Å². The van der Waals surface area contributed by atoms with Gasteiger partial charge in [0.2, 0.25) is 6.79 Å². The lowest BCUT2D eigenvalue weighted by atomic mass is 10.1. The van der Waals surface area contributed by atoms with E-state index in [1.54, 1.807) is 22.7 Å². The first kappa shape index (κ1) is 16.5. The molecule has 0 radical (unpaired) electrons. The number of aromatic nitrogens is 3. The highest BCUT2D eigenvalue weighted by Crippen LogP contribution is 2.36. The molecule has 0 atom stereocenters. The predicted molar refractivity (Wildman–Crippen MR) is 106 cm³/mol. The van der Waals surface area contributed by atoms with Gasteiger partial charge in [0.05, 0.1) is 22.5 Å². The number of ether oxygens (including phenoxy) is 2. The van der Waals surface area contributed by atoms with E-state index >= 15 is 0 Å². The van der Waals surface area contributed by atoms with Crippen molar-refractivity contribution in [2.24, 2.45) is 0 Å². The van der Waals surface area contributed by atoms with Crippen LogP contribution in [0, 0.1) is 0 Å². The SMILES string of the molecule is c1csc(-c2nc(CNCc3cn[nH]c3-c3ccc4c(c3)OCO4)cs2)c1. The maximum atomic E-state index is 5.47. The monoisotopic (exact) mass is 396 g/mol. The van der Waals surface area contributed by atoms with Crippen molar-refractivity contribution in [3.8, 4) is 32.6 Å². The smallest absolute Gasteiger partial charge is 0.231 e. The van der Waals surface area contributed by atoms with Crippen molar-refractivity contribution in [3.63, 3.8) is 0 Å². The third kappa shape index (κ3) is 3.34. The summed E-state index contributed by atoms with van der Waals surface area (Å²) in [6, 6.07) is 10.1. The van der Waals surface area contributed by atoms with Gasteiger partial charge in [-0.25, -0.2) is 4.98 Å². The third-order valence-electron chi connectivity index (χ3n) is 4.28. The van der Waals surface area contributed by atoms with Crippen LogP contribution in [0.1, 0.15) is 11.3 Å². The molecule has 5 rings (SSSR count). The Morgan fingerprint density at radius 3 is 3.00 bits per heavy atom. The van der Waals surface area contributed by atoms with Crippen LogP contribution in [0.3, 0.4) is 0 Å². The molecule has 8 heteroatoms. The summed E-state index contributed by atoms with van der Waals surface area (Å²) in [5.41, 5.74) is 4.17. The summed E-state index contributed by atoms with van der Waals surface area (Å²) in [5.74, 6) is 1.55. The molecule has 0 saturated carbocycles. The van der Waals surface area contributed by atoms with Gasteiger partial charge in [0.15, 0.2) is 11.5 Å². The highest BCUT2D eigenvalue weighted by molar-refractivity contribution is 7.20. The number of fused-ring (bicyclic) bond motifs is 1. The maximum absolute atomic E-state index is 5.47. The lowest BCUT2D eigenvalue weighted by molar-refractivity contribution is 0.174. The van der Waals surface area contributed by atoms with Crippen LogP contribution in [0.25, 0.3) is 21.1 Å². The summed E-state index contributed by atoms with van der Waals surface area (Å²) in [6.45, 7) is 1.69. The zero-order valence-corrected chi connectivity index (χ0v) is 15.9. The topological polar surface area (TPSA) is 72.1 Å².